The standard InChI is InChI=1S/C13H20F2N2O/c1-3-17(4-2)11(9-16)10-7-5-6-8-12(10)18-13(14)15/h5-8,11,13H,3-4,9,16H2,1-2H3. The van der Waals surface area contributed by atoms with Gasteiger partial charge in [-0.25, -0.2) is 0 Å². The van der Waals surface area contributed by atoms with Gasteiger partial charge in [-0.15, -0.1) is 0 Å². The average molecular weight is 258 g/mol. The van der Waals surface area contributed by atoms with Gasteiger partial charge in [0.15, 0.2) is 0 Å². The number of halogens is 2. The molecule has 0 aliphatic rings. The highest BCUT2D eigenvalue weighted by Gasteiger charge is 2.21. The van der Waals surface area contributed by atoms with E-state index in [2.05, 4.69) is 9.64 Å². The van der Waals surface area contributed by atoms with Gasteiger partial charge in [0, 0.05) is 12.1 Å². The van der Waals surface area contributed by atoms with Gasteiger partial charge in [-0.05, 0) is 19.2 Å². The number of benzene rings is 1. The molecule has 2 N–H and O–H groups in total. The van der Waals surface area contributed by atoms with Crippen LogP contribution in [0.3, 0.4) is 0 Å². The van der Waals surface area contributed by atoms with Gasteiger partial charge in [0.25, 0.3) is 0 Å². The van der Waals surface area contributed by atoms with Crippen molar-refractivity contribution in [1.82, 2.24) is 4.90 Å². The van der Waals surface area contributed by atoms with E-state index >= 15 is 0 Å². The molecule has 1 atom stereocenters. The third kappa shape index (κ3) is 3.65. The van der Waals surface area contributed by atoms with Crippen molar-refractivity contribution in [3.8, 4) is 5.75 Å². The Kier molecular flexibility index (Phi) is 6.01. The van der Waals surface area contributed by atoms with E-state index in [0.29, 0.717) is 12.1 Å². The Labute approximate surface area is 107 Å². The Bertz CT molecular complexity index is 357. The van der Waals surface area contributed by atoms with E-state index in [1.807, 2.05) is 13.8 Å². The van der Waals surface area contributed by atoms with Crippen LogP contribution in [0.15, 0.2) is 24.3 Å². The Morgan fingerprint density at radius 1 is 1.22 bits per heavy atom. The van der Waals surface area contributed by atoms with Crippen molar-refractivity contribution in [1.29, 1.82) is 0 Å². The smallest absolute Gasteiger partial charge is 0.387 e. The van der Waals surface area contributed by atoms with E-state index in [4.69, 9.17) is 5.73 Å². The molecule has 0 aliphatic heterocycles. The normalized spacial score (nSPS) is 13.1. The minimum absolute atomic E-state index is 0.102. The van der Waals surface area contributed by atoms with Crippen LogP contribution in [-0.4, -0.2) is 31.1 Å². The summed E-state index contributed by atoms with van der Waals surface area (Å²) in [5, 5.41) is 0. The van der Waals surface area contributed by atoms with Crippen LogP contribution in [0, 0.1) is 0 Å². The average Bonchev–Trinajstić information content (AvgIpc) is 2.36. The zero-order chi connectivity index (χ0) is 13.5. The lowest BCUT2D eigenvalue weighted by atomic mass is 10.0. The topological polar surface area (TPSA) is 38.5 Å². The Balaban J connectivity index is 3.04. The molecular weight excluding hydrogens is 238 g/mol. The second-order valence-corrected chi connectivity index (χ2v) is 3.89. The van der Waals surface area contributed by atoms with Crippen molar-refractivity contribution in [3.63, 3.8) is 0 Å². The fourth-order valence-corrected chi connectivity index (χ4v) is 2.10. The predicted molar refractivity (Wildman–Crippen MR) is 67.8 cm³/mol. The summed E-state index contributed by atoms with van der Waals surface area (Å²) in [6.07, 6.45) is 0. The summed E-state index contributed by atoms with van der Waals surface area (Å²) in [6.45, 7) is 3.20. The van der Waals surface area contributed by atoms with Crippen LogP contribution in [0.2, 0.25) is 0 Å². The van der Waals surface area contributed by atoms with E-state index in [1.54, 1.807) is 24.3 Å². The first-order valence-corrected chi connectivity index (χ1v) is 6.11. The van der Waals surface area contributed by atoms with Crippen LogP contribution < -0.4 is 10.5 Å². The third-order valence-corrected chi connectivity index (χ3v) is 2.97. The zero-order valence-corrected chi connectivity index (χ0v) is 10.8. The highest BCUT2D eigenvalue weighted by Crippen LogP contribution is 2.29. The molecule has 1 unspecified atom stereocenters. The molecule has 102 valence electrons. The highest BCUT2D eigenvalue weighted by molar-refractivity contribution is 5.36. The van der Waals surface area contributed by atoms with Crippen LogP contribution in [0.4, 0.5) is 8.78 Å². The van der Waals surface area contributed by atoms with Crippen molar-refractivity contribution >= 4 is 0 Å². The second-order valence-electron chi connectivity index (χ2n) is 3.89. The van der Waals surface area contributed by atoms with Crippen LogP contribution in [0.5, 0.6) is 5.75 Å². The summed E-state index contributed by atoms with van der Waals surface area (Å²) >= 11 is 0. The largest absolute Gasteiger partial charge is 0.434 e. The minimum Gasteiger partial charge on any atom is -0.434 e. The first-order chi connectivity index (χ1) is 8.63. The van der Waals surface area contributed by atoms with Crippen molar-refractivity contribution in [3.05, 3.63) is 29.8 Å². The number of hydrogen-bond donors (Lipinski definition) is 1. The number of para-hydroxylation sites is 1. The van der Waals surface area contributed by atoms with E-state index in [-0.39, 0.29) is 11.8 Å². The summed E-state index contributed by atoms with van der Waals surface area (Å²) in [5.41, 5.74) is 6.48. The fraction of sp³-hybridized carbons (Fsp3) is 0.538. The summed E-state index contributed by atoms with van der Waals surface area (Å²) in [6, 6.07) is 6.72. The lowest BCUT2D eigenvalue weighted by molar-refractivity contribution is -0.0511. The molecule has 0 saturated carbocycles. The summed E-state index contributed by atoms with van der Waals surface area (Å²) in [4.78, 5) is 2.12. The quantitative estimate of drug-likeness (QED) is 0.817. The van der Waals surface area contributed by atoms with E-state index in [9.17, 15) is 8.78 Å². The molecular formula is C13H20F2N2O. The lowest BCUT2D eigenvalue weighted by Crippen LogP contribution is -2.33. The van der Waals surface area contributed by atoms with Crippen LogP contribution in [0.25, 0.3) is 0 Å². The van der Waals surface area contributed by atoms with Crippen molar-refractivity contribution in [2.45, 2.75) is 26.5 Å². The monoisotopic (exact) mass is 258 g/mol. The molecule has 1 aromatic rings. The van der Waals surface area contributed by atoms with E-state index < -0.39 is 6.61 Å². The number of nitrogens with two attached hydrogens (primary N) is 1. The zero-order valence-electron chi connectivity index (χ0n) is 10.8. The number of rotatable bonds is 7. The molecule has 0 fully saturated rings. The molecule has 3 nitrogen and oxygen atoms in total. The maximum Gasteiger partial charge on any atom is 0.387 e. The maximum atomic E-state index is 12.4. The van der Waals surface area contributed by atoms with Gasteiger partial charge in [0.2, 0.25) is 0 Å². The second kappa shape index (κ2) is 7.28. The highest BCUT2D eigenvalue weighted by atomic mass is 19.3. The van der Waals surface area contributed by atoms with Crippen LogP contribution >= 0.6 is 0 Å². The maximum absolute atomic E-state index is 12.4. The Morgan fingerprint density at radius 3 is 2.33 bits per heavy atom. The van der Waals surface area contributed by atoms with Gasteiger partial charge in [-0.1, -0.05) is 32.0 Å². The van der Waals surface area contributed by atoms with Crippen molar-refractivity contribution in [2.24, 2.45) is 5.73 Å². The summed E-state index contributed by atoms with van der Waals surface area (Å²) in [7, 11) is 0. The van der Waals surface area contributed by atoms with E-state index in [0.717, 1.165) is 13.1 Å². The molecule has 0 heterocycles. The molecule has 0 saturated heterocycles. The number of hydrogen-bond acceptors (Lipinski definition) is 3. The van der Waals surface area contributed by atoms with Crippen LogP contribution in [0.1, 0.15) is 25.5 Å². The van der Waals surface area contributed by atoms with Gasteiger partial charge in [-0.3, -0.25) is 4.90 Å². The Hall–Kier alpha value is -1.20. The minimum atomic E-state index is -2.82. The number of nitrogens with zero attached hydrogens (tertiary/aromatic N) is 1. The molecule has 0 radical (unpaired) electrons. The molecule has 5 heteroatoms. The first-order valence-electron chi connectivity index (χ1n) is 6.11. The van der Waals surface area contributed by atoms with Crippen molar-refractivity contribution < 1.29 is 13.5 Å². The fourth-order valence-electron chi connectivity index (χ4n) is 2.10. The first kappa shape index (κ1) is 14.9. The molecule has 0 aromatic heterocycles. The number of alkyl halides is 2. The Morgan fingerprint density at radius 2 is 1.83 bits per heavy atom. The van der Waals surface area contributed by atoms with E-state index in [1.165, 1.54) is 0 Å². The van der Waals surface area contributed by atoms with Crippen LogP contribution in [-0.2, 0) is 0 Å². The summed E-state index contributed by atoms with van der Waals surface area (Å²) in [5.74, 6) is 0.204. The van der Waals surface area contributed by atoms with Gasteiger partial charge in [-0.2, -0.15) is 8.78 Å². The van der Waals surface area contributed by atoms with Gasteiger partial charge in [0.1, 0.15) is 5.75 Å². The van der Waals surface area contributed by atoms with Crippen molar-refractivity contribution in [2.75, 3.05) is 19.6 Å². The molecule has 1 rings (SSSR count). The van der Waals surface area contributed by atoms with Gasteiger partial charge >= 0.3 is 6.61 Å². The number of likely N-dealkylation sites (N-methyl/N-ethyl adjacent to an activating group) is 1. The molecule has 0 spiro atoms. The molecule has 18 heavy (non-hydrogen) atoms. The number of ether oxygens (including phenoxy) is 1. The van der Waals surface area contributed by atoms with Gasteiger partial charge in [0.05, 0.1) is 6.04 Å². The molecule has 0 amide bonds. The molecule has 0 bridgehead atoms. The van der Waals surface area contributed by atoms with Gasteiger partial charge < -0.3 is 10.5 Å². The lowest BCUT2D eigenvalue weighted by Gasteiger charge is -2.30. The summed E-state index contributed by atoms with van der Waals surface area (Å²) < 4.78 is 29.3. The SMILES string of the molecule is CCN(CC)C(CN)c1ccccc1OC(F)F. The molecule has 0 aliphatic carbocycles. The predicted octanol–water partition coefficient (Wildman–Crippen LogP) is 2.63. The molecule has 1 aromatic carbocycles. The third-order valence-electron chi connectivity index (χ3n) is 2.97.